The van der Waals surface area contributed by atoms with Crippen LogP contribution < -0.4 is 5.32 Å². The minimum Gasteiger partial charge on any atom is -0.464 e. The van der Waals surface area contributed by atoms with Gasteiger partial charge in [-0.25, -0.2) is 4.39 Å². The molecule has 0 bridgehead atoms. The average molecular weight is 450 g/mol. The molecule has 5 heteroatoms. The first-order chi connectivity index (χ1) is 15.6. The van der Waals surface area contributed by atoms with Crippen molar-refractivity contribution in [2.45, 2.75) is 110 Å². The summed E-state index contributed by atoms with van der Waals surface area (Å²) in [6.45, 7) is 2.39. The molecule has 0 atom stereocenters. The van der Waals surface area contributed by atoms with E-state index in [4.69, 9.17) is 4.74 Å². The van der Waals surface area contributed by atoms with E-state index in [1.807, 2.05) is 0 Å². The Balaban J connectivity index is 1.83. The standard InChI is InChI=1S/C27H44FNO3/c1-2-3-4-5-6-7-8-9-10-11-12-13-14-15-16-19-22-32-26(30)23-29-27(31)24-20-17-18-21-25(24)28/h17-18,20-21H,2-16,19,22-23H2,1H3,(H,29,31). The van der Waals surface area contributed by atoms with E-state index in [0.29, 0.717) is 6.61 Å². The Labute approximate surface area is 194 Å². The van der Waals surface area contributed by atoms with Crippen molar-refractivity contribution in [2.75, 3.05) is 13.2 Å². The van der Waals surface area contributed by atoms with Crippen LogP contribution in [0, 0.1) is 5.82 Å². The zero-order valence-electron chi connectivity index (χ0n) is 20.1. The lowest BCUT2D eigenvalue weighted by atomic mass is 10.0. The summed E-state index contributed by atoms with van der Waals surface area (Å²) in [6, 6.07) is 5.68. The van der Waals surface area contributed by atoms with E-state index in [0.717, 1.165) is 12.8 Å². The first kappa shape index (κ1) is 28.1. The summed E-state index contributed by atoms with van der Waals surface area (Å²) in [5.41, 5.74) is -0.0712. The van der Waals surface area contributed by atoms with Crippen molar-refractivity contribution < 1.29 is 18.7 Å². The van der Waals surface area contributed by atoms with E-state index in [-0.39, 0.29) is 12.1 Å². The lowest BCUT2D eigenvalue weighted by molar-refractivity contribution is -0.142. The number of carbonyl (C=O) groups excluding carboxylic acids is 2. The predicted octanol–water partition coefficient (Wildman–Crippen LogP) is 7.36. The highest BCUT2D eigenvalue weighted by atomic mass is 19.1. The number of rotatable bonds is 20. The monoisotopic (exact) mass is 449 g/mol. The summed E-state index contributed by atoms with van der Waals surface area (Å²) >= 11 is 0. The van der Waals surface area contributed by atoms with Crippen LogP contribution in [0.25, 0.3) is 0 Å². The van der Waals surface area contributed by atoms with E-state index >= 15 is 0 Å². The number of nitrogens with one attached hydrogen (secondary N) is 1. The van der Waals surface area contributed by atoms with Crippen molar-refractivity contribution in [3.8, 4) is 0 Å². The fourth-order valence-corrected chi connectivity index (χ4v) is 3.78. The van der Waals surface area contributed by atoms with E-state index in [1.54, 1.807) is 6.07 Å². The van der Waals surface area contributed by atoms with Gasteiger partial charge >= 0.3 is 5.97 Å². The van der Waals surface area contributed by atoms with Crippen molar-refractivity contribution in [1.29, 1.82) is 0 Å². The minimum absolute atomic E-state index is 0.0712. The molecule has 1 rings (SSSR count). The van der Waals surface area contributed by atoms with Gasteiger partial charge in [0, 0.05) is 0 Å². The number of carbonyl (C=O) groups is 2. The zero-order chi connectivity index (χ0) is 23.3. The molecule has 0 aliphatic carbocycles. The van der Waals surface area contributed by atoms with E-state index in [2.05, 4.69) is 12.2 Å². The molecule has 0 aliphatic rings. The van der Waals surface area contributed by atoms with E-state index in [1.165, 1.54) is 108 Å². The summed E-state index contributed by atoms with van der Waals surface area (Å²) in [5.74, 6) is -1.70. The van der Waals surface area contributed by atoms with Gasteiger partial charge < -0.3 is 10.1 Å². The van der Waals surface area contributed by atoms with Crippen LogP contribution in [0.15, 0.2) is 24.3 Å². The molecule has 1 amide bonds. The molecular formula is C27H44FNO3. The van der Waals surface area contributed by atoms with E-state index < -0.39 is 17.7 Å². The van der Waals surface area contributed by atoms with Gasteiger partial charge in [0.05, 0.1) is 12.2 Å². The molecule has 0 unspecified atom stereocenters. The number of ether oxygens (including phenoxy) is 1. The van der Waals surface area contributed by atoms with Gasteiger partial charge in [0.2, 0.25) is 0 Å². The van der Waals surface area contributed by atoms with Gasteiger partial charge in [-0.2, -0.15) is 0 Å². The number of hydrogen-bond acceptors (Lipinski definition) is 3. The Hall–Kier alpha value is -1.91. The summed E-state index contributed by atoms with van der Waals surface area (Å²) in [6.07, 6.45) is 20.8. The first-order valence-electron chi connectivity index (χ1n) is 12.8. The van der Waals surface area contributed by atoms with Crippen LogP contribution in [0.5, 0.6) is 0 Å². The molecule has 1 aromatic rings. The molecule has 0 heterocycles. The van der Waals surface area contributed by atoms with Crippen molar-refractivity contribution in [3.05, 3.63) is 35.6 Å². The predicted molar refractivity (Wildman–Crippen MR) is 129 cm³/mol. The Morgan fingerprint density at radius 2 is 1.22 bits per heavy atom. The SMILES string of the molecule is CCCCCCCCCCCCCCCCCCOC(=O)CNC(=O)c1ccccc1F. The first-order valence-corrected chi connectivity index (χ1v) is 12.8. The number of unbranched alkanes of at least 4 members (excludes halogenated alkanes) is 15. The molecule has 1 N–H and O–H groups in total. The van der Waals surface area contributed by atoms with Crippen LogP contribution >= 0.6 is 0 Å². The molecule has 32 heavy (non-hydrogen) atoms. The largest absolute Gasteiger partial charge is 0.464 e. The van der Waals surface area contributed by atoms with Crippen molar-refractivity contribution in [1.82, 2.24) is 5.32 Å². The van der Waals surface area contributed by atoms with Gasteiger partial charge in [-0.05, 0) is 18.6 Å². The Morgan fingerprint density at radius 3 is 1.72 bits per heavy atom. The Bertz CT molecular complexity index is 621. The second-order valence-corrected chi connectivity index (χ2v) is 8.69. The highest BCUT2D eigenvalue weighted by molar-refractivity contribution is 5.96. The molecular weight excluding hydrogens is 405 g/mol. The summed E-state index contributed by atoms with van der Waals surface area (Å²) < 4.78 is 18.6. The van der Waals surface area contributed by atoms with Gasteiger partial charge in [0.15, 0.2) is 0 Å². The molecule has 0 aromatic heterocycles. The number of amides is 1. The fourth-order valence-electron chi connectivity index (χ4n) is 3.78. The molecule has 0 radical (unpaired) electrons. The number of halogens is 1. The second kappa shape index (κ2) is 19.8. The molecule has 4 nitrogen and oxygen atoms in total. The van der Waals surface area contributed by atoms with Crippen LogP contribution in [0.1, 0.15) is 120 Å². The maximum Gasteiger partial charge on any atom is 0.325 e. The molecule has 0 spiro atoms. The van der Waals surface area contributed by atoms with Crippen LogP contribution in [0.3, 0.4) is 0 Å². The van der Waals surface area contributed by atoms with Gasteiger partial charge in [-0.15, -0.1) is 0 Å². The topological polar surface area (TPSA) is 55.4 Å². The quantitative estimate of drug-likeness (QED) is 0.167. The van der Waals surface area contributed by atoms with Crippen molar-refractivity contribution in [3.63, 3.8) is 0 Å². The lowest BCUT2D eigenvalue weighted by Crippen LogP contribution is -2.31. The maximum absolute atomic E-state index is 13.5. The Kier molecular flexibility index (Phi) is 17.4. The smallest absolute Gasteiger partial charge is 0.325 e. The summed E-state index contributed by atoms with van der Waals surface area (Å²) in [7, 11) is 0. The molecule has 0 saturated heterocycles. The van der Waals surface area contributed by atoms with Gasteiger partial charge in [-0.3, -0.25) is 9.59 Å². The van der Waals surface area contributed by atoms with Crippen molar-refractivity contribution >= 4 is 11.9 Å². The highest BCUT2D eigenvalue weighted by Crippen LogP contribution is 2.13. The second-order valence-electron chi connectivity index (χ2n) is 8.69. The van der Waals surface area contributed by atoms with Crippen molar-refractivity contribution in [2.24, 2.45) is 0 Å². The highest BCUT2D eigenvalue weighted by Gasteiger charge is 2.12. The summed E-state index contributed by atoms with van der Waals surface area (Å²) in [5, 5.41) is 2.39. The van der Waals surface area contributed by atoms with Gasteiger partial charge in [-0.1, -0.05) is 115 Å². The molecule has 0 fully saturated rings. The average Bonchev–Trinajstić information content (AvgIpc) is 2.79. The van der Waals surface area contributed by atoms with Crippen LogP contribution in [0.2, 0.25) is 0 Å². The zero-order valence-corrected chi connectivity index (χ0v) is 20.1. The molecule has 0 saturated carbocycles. The van der Waals surface area contributed by atoms with Gasteiger partial charge in [0.25, 0.3) is 5.91 Å². The van der Waals surface area contributed by atoms with Crippen LogP contribution in [-0.4, -0.2) is 25.0 Å². The lowest BCUT2D eigenvalue weighted by Gasteiger charge is -2.07. The Morgan fingerprint density at radius 1 is 0.750 bits per heavy atom. The van der Waals surface area contributed by atoms with E-state index in [9.17, 15) is 14.0 Å². The third-order valence-electron chi connectivity index (χ3n) is 5.77. The third-order valence-corrected chi connectivity index (χ3v) is 5.77. The van der Waals surface area contributed by atoms with Gasteiger partial charge in [0.1, 0.15) is 12.4 Å². The molecule has 182 valence electrons. The molecule has 1 aromatic carbocycles. The normalized spacial score (nSPS) is 10.8. The maximum atomic E-state index is 13.5. The minimum atomic E-state index is -0.609. The van der Waals surface area contributed by atoms with Crippen LogP contribution in [-0.2, 0) is 9.53 Å². The number of hydrogen-bond donors (Lipinski definition) is 1. The molecule has 0 aliphatic heterocycles. The third kappa shape index (κ3) is 15.0. The number of benzene rings is 1. The number of esters is 1. The summed E-state index contributed by atoms with van der Waals surface area (Å²) in [4.78, 5) is 23.5. The fraction of sp³-hybridized carbons (Fsp3) is 0.704. The van der Waals surface area contributed by atoms with Crippen LogP contribution in [0.4, 0.5) is 4.39 Å².